The molecule has 6 heteroatoms. The Labute approximate surface area is 117 Å². The number of nitrogens with one attached hydrogen (secondary N) is 2. The van der Waals surface area contributed by atoms with Crippen molar-refractivity contribution in [2.75, 3.05) is 10.7 Å². The monoisotopic (exact) mass is 271 g/mol. The number of aryl methyl sites for hydroxylation is 3. The van der Waals surface area contributed by atoms with Crippen LogP contribution in [-0.4, -0.2) is 16.1 Å². The molecule has 0 aliphatic rings. The molecule has 0 unspecified atom stereocenters. The number of rotatable bonds is 3. The predicted molar refractivity (Wildman–Crippen MR) is 78.4 cm³/mol. The SMILES string of the molecule is Cc1cc(C)c(NC(=O)c2ccc(NN)nn2)c(C)c1. The third-order valence-corrected chi connectivity index (χ3v) is 2.96. The number of hydrogen-bond donors (Lipinski definition) is 3. The first-order valence-corrected chi connectivity index (χ1v) is 6.21. The Balaban J connectivity index is 2.23. The molecule has 0 spiro atoms. The minimum Gasteiger partial charge on any atom is -0.320 e. The Morgan fingerprint density at radius 3 is 2.25 bits per heavy atom. The average Bonchev–Trinajstić information content (AvgIpc) is 2.42. The number of nitrogen functional groups attached to an aromatic ring is 1. The van der Waals surface area contributed by atoms with E-state index in [1.807, 2.05) is 32.9 Å². The van der Waals surface area contributed by atoms with Crippen molar-refractivity contribution >= 4 is 17.4 Å². The second-order valence-corrected chi connectivity index (χ2v) is 4.68. The van der Waals surface area contributed by atoms with Crippen molar-refractivity contribution in [1.82, 2.24) is 10.2 Å². The van der Waals surface area contributed by atoms with Gasteiger partial charge in [0.2, 0.25) is 0 Å². The van der Waals surface area contributed by atoms with E-state index in [9.17, 15) is 4.79 Å². The Morgan fingerprint density at radius 2 is 1.75 bits per heavy atom. The first kappa shape index (κ1) is 14.0. The van der Waals surface area contributed by atoms with Crippen LogP contribution < -0.4 is 16.6 Å². The summed E-state index contributed by atoms with van der Waals surface area (Å²) in [4.78, 5) is 12.1. The van der Waals surface area contributed by atoms with E-state index in [4.69, 9.17) is 5.84 Å². The van der Waals surface area contributed by atoms with E-state index in [0.29, 0.717) is 5.82 Å². The van der Waals surface area contributed by atoms with Crippen molar-refractivity contribution in [2.45, 2.75) is 20.8 Å². The van der Waals surface area contributed by atoms with E-state index >= 15 is 0 Å². The van der Waals surface area contributed by atoms with E-state index in [1.54, 1.807) is 12.1 Å². The number of hydrazine groups is 1. The largest absolute Gasteiger partial charge is 0.320 e. The molecule has 4 N–H and O–H groups in total. The van der Waals surface area contributed by atoms with Crippen LogP contribution in [0.25, 0.3) is 0 Å². The van der Waals surface area contributed by atoms with Gasteiger partial charge in [0.15, 0.2) is 11.5 Å². The molecule has 0 fully saturated rings. The van der Waals surface area contributed by atoms with Crippen molar-refractivity contribution in [2.24, 2.45) is 5.84 Å². The molecule has 2 rings (SSSR count). The summed E-state index contributed by atoms with van der Waals surface area (Å²) in [5.41, 5.74) is 6.61. The van der Waals surface area contributed by atoms with Crippen LogP contribution in [0.3, 0.4) is 0 Å². The molecule has 2 aromatic rings. The Bertz CT molecular complexity index is 614. The molecule has 1 amide bonds. The van der Waals surface area contributed by atoms with Gasteiger partial charge in [-0.2, -0.15) is 0 Å². The summed E-state index contributed by atoms with van der Waals surface area (Å²) < 4.78 is 0. The van der Waals surface area contributed by atoms with Crippen molar-refractivity contribution in [3.63, 3.8) is 0 Å². The third kappa shape index (κ3) is 2.92. The number of aromatic nitrogens is 2. The molecule has 0 aliphatic heterocycles. The topological polar surface area (TPSA) is 92.9 Å². The van der Waals surface area contributed by atoms with Gasteiger partial charge in [0, 0.05) is 5.69 Å². The minimum absolute atomic E-state index is 0.239. The average molecular weight is 271 g/mol. The van der Waals surface area contributed by atoms with Crippen LogP contribution in [-0.2, 0) is 0 Å². The van der Waals surface area contributed by atoms with E-state index in [2.05, 4.69) is 20.9 Å². The molecule has 0 atom stereocenters. The Hall–Kier alpha value is -2.47. The van der Waals surface area contributed by atoms with Gasteiger partial charge < -0.3 is 10.7 Å². The highest BCUT2D eigenvalue weighted by atomic mass is 16.1. The summed E-state index contributed by atoms with van der Waals surface area (Å²) in [5.74, 6) is 5.31. The summed E-state index contributed by atoms with van der Waals surface area (Å²) in [6.45, 7) is 5.95. The van der Waals surface area contributed by atoms with Gasteiger partial charge in [-0.1, -0.05) is 17.7 Å². The van der Waals surface area contributed by atoms with Crippen molar-refractivity contribution < 1.29 is 4.79 Å². The molecule has 1 aromatic heterocycles. The van der Waals surface area contributed by atoms with Gasteiger partial charge in [-0.05, 0) is 44.0 Å². The standard InChI is InChI=1S/C14H17N5O/c1-8-6-9(2)13(10(3)7-8)16-14(20)11-4-5-12(17-15)19-18-11/h4-7H,15H2,1-3H3,(H,16,20)(H,17,19). The summed E-state index contributed by atoms with van der Waals surface area (Å²) in [6, 6.07) is 7.21. The summed E-state index contributed by atoms with van der Waals surface area (Å²) in [6.07, 6.45) is 0. The fraction of sp³-hybridized carbons (Fsp3) is 0.214. The van der Waals surface area contributed by atoms with E-state index in [1.165, 1.54) is 0 Å². The highest BCUT2D eigenvalue weighted by molar-refractivity contribution is 6.03. The lowest BCUT2D eigenvalue weighted by atomic mass is 10.1. The smallest absolute Gasteiger partial charge is 0.276 e. The molecular weight excluding hydrogens is 254 g/mol. The molecule has 0 saturated heterocycles. The highest BCUT2D eigenvalue weighted by Crippen LogP contribution is 2.22. The van der Waals surface area contributed by atoms with Gasteiger partial charge in [0.1, 0.15) is 0 Å². The minimum atomic E-state index is -0.295. The lowest BCUT2D eigenvalue weighted by Gasteiger charge is -2.12. The highest BCUT2D eigenvalue weighted by Gasteiger charge is 2.12. The van der Waals surface area contributed by atoms with Crippen LogP contribution in [0.15, 0.2) is 24.3 Å². The van der Waals surface area contributed by atoms with Crippen LogP contribution in [0.2, 0.25) is 0 Å². The molecule has 0 saturated carbocycles. The van der Waals surface area contributed by atoms with Crippen LogP contribution in [0, 0.1) is 20.8 Å². The van der Waals surface area contributed by atoms with Crippen LogP contribution in [0.1, 0.15) is 27.2 Å². The van der Waals surface area contributed by atoms with Crippen LogP contribution in [0.5, 0.6) is 0 Å². The lowest BCUT2D eigenvalue weighted by Crippen LogP contribution is -2.17. The molecule has 20 heavy (non-hydrogen) atoms. The maximum Gasteiger partial charge on any atom is 0.276 e. The third-order valence-electron chi connectivity index (χ3n) is 2.96. The number of anilines is 2. The fourth-order valence-electron chi connectivity index (χ4n) is 2.09. The van der Waals surface area contributed by atoms with Gasteiger partial charge in [-0.15, -0.1) is 10.2 Å². The summed E-state index contributed by atoms with van der Waals surface area (Å²) in [7, 11) is 0. The van der Waals surface area contributed by atoms with Crippen molar-refractivity contribution in [3.05, 3.63) is 46.6 Å². The molecule has 0 radical (unpaired) electrons. The number of nitrogens with two attached hydrogens (primary N) is 1. The van der Waals surface area contributed by atoms with Crippen LogP contribution >= 0.6 is 0 Å². The zero-order valence-corrected chi connectivity index (χ0v) is 11.7. The molecule has 0 bridgehead atoms. The maximum atomic E-state index is 12.1. The zero-order valence-electron chi connectivity index (χ0n) is 11.7. The Kier molecular flexibility index (Phi) is 3.95. The first-order valence-electron chi connectivity index (χ1n) is 6.21. The van der Waals surface area contributed by atoms with E-state index in [0.717, 1.165) is 22.4 Å². The second-order valence-electron chi connectivity index (χ2n) is 4.68. The number of carbonyl (C=O) groups is 1. The van der Waals surface area contributed by atoms with Crippen molar-refractivity contribution in [3.8, 4) is 0 Å². The number of carbonyl (C=O) groups excluding carboxylic acids is 1. The fourth-order valence-corrected chi connectivity index (χ4v) is 2.09. The first-order chi connectivity index (χ1) is 9.51. The molecular formula is C14H17N5O. The van der Waals surface area contributed by atoms with Gasteiger partial charge in [-0.3, -0.25) is 4.79 Å². The van der Waals surface area contributed by atoms with Crippen LogP contribution in [0.4, 0.5) is 11.5 Å². The quantitative estimate of drug-likeness (QED) is 0.586. The van der Waals surface area contributed by atoms with Gasteiger partial charge >= 0.3 is 0 Å². The normalized spacial score (nSPS) is 10.2. The van der Waals surface area contributed by atoms with E-state index < -0.39 is 0 Å². The van der Waals surface area contributed by atoms with Crippen molar-refractivity contribution in [1.29, 1.82) is 0 Å². The number of hydrogen-bond acceptors (Lipinski definition) is 5. The number of amides is 1. The van der Waals surface area contributed by atoms with Gasteiger partial charge in [-0.25, -0.2) is 5.84 Å². The second kappa shape index (κ2) is 5.66. The zero-order chi connectivity index (χ0) is 14.7. The molecule has 1 aromatic carbocycles. The lowest BCUT2D eigenvalue weighted by molar-refractivity contribution is 0.102. The Morgan fingerprint density at radius 1 is 1.10 bits per heavy atom. The summed E-state index contributed by atoms with van der Waals surface area (Å²) >= 11 is 0. The van der Waals surface area contributed by atoms with Gasteiger partial charge in [0.25, 0.3) is 5.91 Å². The predicted octanol–water partition coefficient (Wildman–Crippen LogP) is 1.94. The van der Waals surface area contributed by atoms with E-state index in [-0.39, 0.29) is 11.6 Å². The molecule has 104 valence electrons. The summed E-state index contributed by atoms with van der Waals surface area (Å²) in [5, 5.41) is 10.5. The molecule has 1 heterocycles. The molecule has 0 aliphatic carbocycles. The number of benzene rings is 1. The van der Waals surface area contributed by atoms with Gasteiger partial charge in [0.05, 0.1) is 0 Å². The molecule has 6 nitrogen and oxygen atoms in total. The maximum absolute atomic E-state index is 12.1. The number of nitrogens with zero attached hydrogens (tertiary/aromatic N) is 2.